The van der Waals surface area contributed by atoms with Gasteiger partial charge in [-0.2, -0.15) is 0 Å². The Bertz CT molecular complexity index is 427. The summed E-state index contributed by atoms with van der Waals surface area (Å²) in [6, 6.07) is 1.75. The summed E-state index contributed by atoms with van der Waals surface area (Å²) < 4.78 is 0.841. The molecule has 0 spiro atoms. The van der Waals surface area contributed by atoms with E-state index in [1.54, 1.807) is 12.3 Å². The molecule has 5 heteroatoms. The van der Waals surface area contributed by atoms with Gasteiger partial charge in [-0.1, -0.05) is 40.4 Å². The van der Waals surface area contributed by atoms with Gasteiger partial charge in [0.2, 0.25) is 0 Å². The lowest BCUT2D eigenvalue weighted by molar-refractivity contribution is -0.0538. The van der Waals surface area contributed by atoms with Crippen LogP contribution in [-0.4, -0.2) is 23.7 Å². The Morgan fingerprint density at radius 3 is 3.06 bits per heavy atom. The SMILES string of the molecule is CNCC1CCCCC1(O)c1cnc(Cl)cc1Br. The Labute approximate surface area is 121 Å². The first-order valence-electron chi connectivity index (χ1n) is 6.26. The Morgan fingerprint density at radius 2 is 2.39 bits per heavy atom. The highest BCUT2D eigenvalue weighted by atomic mass is 79.9. The fourth-order valence-electron chi connectivity index (χ4n) is 2.83. The van der Waals surface area contributed by atoms with E-state index in [4.69, 9.17) is 11.6 Å². The fraction of sp³-hybridized carbons (Fsp3) is 0.615. The molecule has 0 radical (unpaired) electrons. The molecule has 2 rings (SSSR count). The highest BCUT2D eigenvalue weighted by Crippen LogP contribution is 2.44. The van der Waals surface area contributed by atoms with E-state index < -0.39 is 5.60 Å². The molecule has 0 aliphatic heterocycles. The molecule has 0 aromatic carbocycles. The van der Waals surface area contributed by atoms with Crippen LogP contribution >= 0.6 is 27.5 Å². The predicted molar refractivity (Wildman–Crippen MR) is 76.7 cm³/mol. The van der Waals surface area contributed by atoms with Crippen molar-refractivity contribution in [1.29, 1.82) is 0 Å². The van der Waals surface area contributed by atoms with E-state index in [0.717, 1.165) is 35.8 Å². The zero-order chi connectivity index (χ0) is 13.2. The lowest BCUT2D eigenvalue weighted by atomic mass is 9.72. The summed E-state index contributed by atoms with van der Waals surface area (Å²) in [5, 5.41) is 14.7. The van der Waals surface area contributed by atoms with Gasteiger partial charge < -0.3 is 10.4 Å². The molecule has 1 aliphatic rings. The van der Waals surface area contributed by atoms with Crippen molar-refractivity contribution < 1.29 is 5.11 Å². The van der Waals surface area contributed by atoms with E-state index in [9.17, 15) is 5.11 Å². The average Bonchev–Trinajstić information content (AvgIpc) is 2.32. The van der Waals surface area contributed by atoms with E-state index in [1.165, 1.54) is 6.42 Å². The molecule has 100 valence electrons. The molecule has 1 fully saturated rings. The lowest BCUT2D eigenvalue weighted by Gasteiger charge is -2.40. The number of rotatable bonds is 3. The molecule has 0 saturated heterocycles. The zero-order valence-electron chi connectivity index (χ0n) is 10.4. The van der Waals surface area contributed by atoms with Gasteiger partial charge in [0.15, 0.2) is 0 Å². The number of pyridine rings is 1. The van der Waals surface area contributed by atoms with Crippen LogP contribution in [0.4, 0.5) is 0 Å². The topological polar surface area (TPSA) is 45.1 Å². The van der Waals surface area contributed by atoms with Crippen LogP contribution in [0.15, 0.2) is 16.7 Å². The summed E-state index contributed by atoms with van der Waals surface area (Å²) >= 11 is 9.36. The van der Waals surface area contributed by atoms with Crippen molar-refractivity contribution in [1.82, 2.24) is 10.3 Å². The third-order valence-electron chi connectivity index (χ3n) is 3.77. The first kappa shape index (κ1) is 14.3. The van der Waals surface area contributed by atoms with Crippen LogP contribution in [0.3, 0.4) is 0 Å². The number of hydrogen-bond acceptors (Lipinski definition) is 3. The summed E-state index contributed by atoms with van der Waals surface area (Å²) in [5.41, 5.74) is 0.0457. The number of aromatic nitrogens is 1. The monoisotopic (exact) mass is 332 g/mol. The second kappa shape index (κ2) is 5.87. The Kier molecular flexibility index (Phi) is 4.64. The van der Waals surface area contributed by atoms with Gasteiger partial charge in [-0.25, -0.2) is 4.98 Å². The largest absolute Gasteiger partial charge is 0.385 e. The number of nitrogens with one attached hydrogen (secondary N) is 1. The summed E-state index contributed by atoms with van der Waals surface area (Å²) in [7, 11) is 1.92. The van der Waals surface area contributed by atoms with Crippen molar-refractivity contribution in [3.8, 4) is 0 Å². The quantitative estimate of drug-likeness (QED) is 0.836. The van der Waals surface area contributed by atoms with Gasteiger partial charge in [-0.05, 0) is 26.0 Å². The van der Waals surface area contributed by atoms with Crippen molar-refractivity contribution in [2.75, 3.05) is 13.6 Å². The molecule has 1 aliphatic carbocycles. The lowest BCUT2D eigenvalue weighted by Crippen LogP contribution is -2.43. The van der Waals surface area contributed by atoms with Crippen molar-refractivity contribution in [2.45, 2.75) is 31.3 Å². The highest BCUT2D eigenvalue weighted by molar-refractivity contribution is 9.10. The second-order valence-electron chi connectivity index (χ2n) is 4.91. The molecule has 1 aromatic rings. The van der Waals surface area contributed by atoms with Gasteiger partial charge in [-0.3, -0.25) is 0 Å². The standard InChI is InChI=1S/C13H18BrClN2O/c1-16-7-9-4-2-3-5-13(9,18)10-8-17-12(15)6-11(10)14/h6,8-9,16,18H,2-5,7H2,1H3. The predicted octanol–water partition coefficient (Wildman–Crippen LogP) is 3.09. The maximum absolute atomic E-state index is 11.1. The van der Waals surface area contributed by atoms with Gasteiger partial charge in [0.25, 0.3) is 0 Å². The molecule has 3 nitrogen and oxygen atoms in total. The second-order valence-corrected chi connectivity index (χ2v) is 6.15. The van der Waals surface area contributed by atoms with E-state index in [-0.39, 0.29) is 5.92 Å². The Morgan fingerprint density at radius 1 is 1.61 bits per heavy atom. The highest BCUT2D eigenvalue weighted by Gasteiger charge is 2.41. The summed E-state index contributed by atoms with van der Waals surface area (Å²) in [5.74, 6) is 0.218. The minimum atomic E-state index is -0.808. The molecule has 2 unspecified atom stereocenters. The third-order valence-corrected chi connectivity index (χ3v) is 4.64. The number of aliphatic hydroxyl groups is 1. The van der Waals surface area contributed by atoms with Crippen LogP contribution in [0, 0.1) is 5.92 Å². The van der Waals surface area contributed by atoms with E-state index in [0.29, 0.717) is 5.15 Å². The Balaban J connectivity index is 2.37. The number of hydrogen-bond donors (Lipinski definition) is 2. The molecule has 0 amide bonds. The number of halogens is 2. The molecule has 18 heavy (non-hydrogen) atoms. The summed E-state index contributed by atoms with van der Waals surface area (Å²) in [4.78, 5) is 4.11. The smallest absolute Gasteiger partial charge is 0.130 e. The van der Waals surface area contributed by atoms with E-state index in [2.05, 4.69) is 26.2 Å². The summed E-state index contributed by atoms with van der Waals surface area (Å²) in [6.45, 7) is 0.811. The van der Waals surface area contributed by atoms with Gasteiger partial charge in [0.05, 0.1) is 5.60 Å². The first-order chi connectivity index (χ1) is 8.58. The van der Waals surface area contributed by atoms with E-state index >= 15 is 0 Å². The van der Waals surface area contributed by atoms with Crippen LogP contribution in [0.1, 0.15) is 31.2 Å². The van der Waals surface area contributed by atoms with Crippen LogP contribution < -0.4 is 5.32 Å². The minimum Gasteiger partial charge on any atom is -0.385 e. The van der Waals surface area contributed by atoms with Crippen molar-refractivity contribution >= 4 is 27.5 Å². The van der Waals surface area contributed by atoms with Crippen molar-refractivity contribution in [2.24, 2.45) is 5.92 Å². The minimum absolute atomic E-state index is 0.218. The third kappa shape index (κ3) is 2.72. The fourth-order valence-corrected chi connectivity index (χ4v) is 3.78. The average molecular weight is 334 g/mol. The number of nitrogens with zero attached hydrogens (tertiary/aromatic N) is 1. The first-order valence-corrected chi connectivity index (χ1v) is 7.43. The van der Waals surface area contributed by atoms with Crippen LogP contribution in [0.25, 0.3) is 0 Å². The van der Waals surface area contributed by atoms with E-state index in [1.807, 2.05) is 7.05 Å². The van der Waals surface area contributed by atoms with Gasteiger partial charge in [-0.15, -0.1) is 0 Å². The molecular weight excluding hydrogens is 316 g/mol. The molecule has 1 aromatic heterocycles. The molecule has 1 saturated carbocycles. The van der Waals surface area contributed by atoms with Gasteiger partial charge in [0, 0.05) is 28.7 Å². The zero-order valence-corrected chi connectivity index (χ0v) is 12.8. The van der Waals surface area contributed by atoms with Crippen LogP contribution in [0.5, 0.6) is 0 Å². The van der Waals surface area contributed by atoms with Gasteiger partial charge in [0.1, 0.15) is 5.15 Å². The van der Waals surface area contributed by atoms with Gasteiger partial charge >= 0.3 is 0 Å². The normalized spacial score (nSPS) is 28.3. The summed E-state index contributed by atoms with van der Waals surface area (Å²) in [6.07, 6.45) is 5.73. The maximum atomic E-state index is 11.1. The molecule has 2 atom stereocenters. The van der Waals surface area contributed by atoms with Crippen molar-refractivity contribution in [3.05, 3.63) is 27.5 Å². The van der Waals surface area contributed by atoms with Crippen LogP contribution in [-0.2, 0) is 5.60 Å². The molecule has 1 heterocycles. The van der Waals surface area contributed by atoms with Crippen molar-refractivity contribution in [3.63, 3.8) is 0 Å². The Hall–Kier alpha value is -0.160. The molecular formula is C13H18BrClN2O. The molecule has 2 N–H and O–H groups in total. The maximum Gasteiger partial charge on any atom is 0.130 e. The molecule has 0 bridgehead atoms. The van der Waals surface area contributed by atoms with Crippen LogP contribution in [0.2, 0.25) is 5.15 Å².